The maximum Gasteiger partial charge on any atom is 0.253 e. The number of halogens is 1. The molecule has 17 heavy (non-hydrogen) atoms. The van der Waals surface area contributed by atoms with Crippen LogP contribution in [0.5, 0.6) is 0 Å². The third-order valence-electron chi connectivity index (χ3n) is 2.54. The molecule has 2 aromatic carbocycles. The summed E-state index contributed by atoms with van der Waals surface area (Å²) in [5, 5.41) is 6.31. The van der Waals surface area contributed by atoms with Gasteiger partial charge in [-0.1, -0.05) is 23.7 Å². The Hall–Kier alpha value is -1.81. The second-order valence-corrected chi connectivity index (χ2v) is 4.07. The van der Waals surface area contributed by atoms with E-state index in [9.17, 15) is 9.59 Å². The summed E-state index contributed by atoms with van der Waals surface area (Å²) in [5.41, 5.74) is 0.760. The van der Waals surface area contributed by atoms with E-state index < -0.39 is 10.9 Å². The summed E-state index contributed by atoms with van der Waals surface area (Å²) in [4.78, 5) is 22.4. The van der Waals surface area contributed by atoms with Crippen molar-refractivity contribution in [3.05, 3.63) is 55.3 Å². The molecule has 0 radical (unpaired) electrons. The normalized spacial score (nSPS) is 10.5. The summed E-state index contributed by atoms with van der Waals surface area (Å²) in [6, 6.07) is 7.28. The molecule has 0 saturated heterocycles. The average Bonchev–Trinajstić information content (AvgIpc) is 2.35. The van der Waals surface area contributed by atoms with E-state index in [0.717, 1.165) is 5.56 Å². The molecule has 0 aliphatic rings. The number of rotatable bonds is 4. The average molecular weight is 251 g/mol. The molecule has 4 nitrogen and oxygen atoms in total. The molecule has 2 rings (SSSR count). The van der Waals surface area contributed by atoms with Crippen molar-refractivity contribution in [2.45, 2.75) is 6.54 Å². The monoisotopic (exact) mass is 250 g/mol. The number of hydrogen-bond acceptors (Lipinski definition) is 4. The number of anilines is 2. The highest BCUT2D eigenvalue weighted by molar-refractivity contribution is 6.30. The second kappa shape index (κ2) is 4.59. The fourth-order valence-electron chi connectivity index (χ4n) is 1.59. The van der Waals surface area contributed by atoms with Gasteiger partial charge in [-0.3, -0.25) is 9.59 Å². The van der Waals surface area contributed by atoms with Gasteiger partial charge >= 0.3 is 0 Å². The quantitative estimate of drug-likeness (QED) is 0.809. The van der Waals surface area contributed by atoms with Crippen molar-refractivity contribution in [1.29, 1.82) is 0 Å². The molecule has 88 valence electrons. The lowest BCUT2D eigenvalue weighted by Crippen LogP contribution is -2.36. The lowest BCUT2D eigenvalue weighted by atomic mass is 10.1. The summed E-state index contributed by atoms with van der Waals surface area (Å²) >= 11 is 5.76. The van der Waals surface area contributed by atoms with Gasteiger partial charge in [-0.2, -0.15) is 0 Å². The van der Waals surface area contributed by atoms with E-state index in [1.807, 2.05) is 12.1 Å². The Bertz CT molecular complexity index is 598. The van der Waals surface area contributed by atoms with Crippen LogP contribution >= 0.6 is 11.6 Å². The van der Waals surface area contributed by atoms with E-state index in [-0.39, 0.29) is 0 Å². The minimum atomic E-state index is -0.469. The number of hydrogen-bond donors (Lipinski definition) is 2. The highest BCUT2D eigenvalue weighted by Gasteiger charge is 2.18. The van der Waals surface area contributed by atoms with E-state index in [1.165, 1.54) is 0 Å². The molecule has 0 aliphatic heterocycles. The molecule has 0 amide bonds. The Morgan fingerprint density at radius 2 is 1.65 bits per heavy atom. The van der Waals surface area contributed by atoms with Gasteiger partial charge in [0.1, 0.15) is 11.4 Å². The molecule has 0 heterocycles. The Kier molecular flexibility index (Phi) is 3.15. The molecule has 0 unspecified atom stereocenters. The van der Waals surface area contributed by atoms with Crippen LogP contribution in [0.2, 0.25) is 5.02 Å². The maximum absolute atomic E-state index is 11.3. The Morgan fingerprint density at radius 3 is 2.24 bits per heavy atom. The van der Waals surface area contributed by atoms with Crippen molar-refractivity contribution in [3.8, 4) is 0 Å². The Labute approximate surface area is 103 Å². The molecule has 2 aromatic rings. The van der Waals surface area contributed by atoms with Crippen LogP contribution in [0.15, 0.2) is 33.9 Å². The first kappa shape index (κ1) is 11.7. The molecule has 0 aliphatic carbocycles. The van der Waals surface area contributed by atoms with Gasteiger partial charge in [0.25, 0.3) is 10.9 Å². The molecule has 2 N–H and O–H groups in total. The number of nitrogens with one attached hydrogen (secondary N) is 2. The first-order valence-electron chi connectivity index (χ1n) is 5.13. The van der Waals surface area contributed by atoms with Crippen LogP contribution in [-0.4, -0.2) is 7.05 Å². The smallest absolute Gasteiger partial charge is 0.253 e. The van der Waals surface area contributed by atoms with Crippen LogP contribution in [0.3, 0.4) is 0 Å². The molecule has 0 aromatic heterocycles. The van der Waals surface area contributed by atoms with Crippen molar-refractivity contribution in [2.24, 2.45) is 0 Å². The van der Waals surface area contributed by atoms with Gasteiger partial charge in [0.15, 0.2) is 0 Å². The van der Waals surface area contributed by atoms with Gasteiger partial charge in [-0.25, -0.2) is 0 Å². The van der Waals surface area contributed by atoms with Crippen LogP contribution in [-0.2, 0) is 6.54 Å². The molecular weight excluding hydrogens is 240 g/mol. The molecule has 0 saturated carbocycles. The third-order valence-corrected chi connectivity index (χ3v) is 2.79. The minimum Gasteiger partial charge on any atom is -0.383 e. The lowest BCUT2D eigenvalue weighted by molar-refractivity contribution is 1.13. The SMILES string of the molecule is CNc1c(NCc2ccc(Cl)cc2)c(=O)c1=O. The third kappa shape index (κ3) is 2.17. The van der Waals surface area contributed by atoms with Crippen LogP contribution in [0.25, 0.3) is 0 Å². The van der Waals surface area contributed by atoms with Crippen molar-refractivity contribution in [1.82, 2.24) is 0 Å². The highest BCUT2D eigenvalue weighted by Crippen LogP contribution is 2.15. The van der Waals surface area contributed by atoms with E-state index in [4.69, 9.17) is 11.6 Å². The second-order valence-electron chi connectivity index (χ2n) is 3.64. The molecule has 0 spiro atoms. The van der Waals surface area contributed by atoms with Crippen LogP contribution in [0.4, 0.5) is 11.4 Å². The first-order valence-corrected chi connectivity index (χ1v) is 5.50. The van der Waals surface area contributed by atoms with Crippen molar-refractivity contribution in [2.75, 3.05) is 17.7 Å². The molecule has 0 atom stereocenters. The van der Waals surface area contributed by atoms with E-state index in [0.29, 0.717) is 22.9 Å². The number of benzene rings is 1. The zero-order chi connectivity index (χ0) is 12.4. The van der Waals surface area contributed by atoms with E-state index in [1.54, 1.807) is 19.2 Å². The topological polar surface area (TPSA) is 58.2 Å². The van der Waals surface area contributed by atoms with E-state index >= 15 is 0 Å². The largest absolute Gasteiger partial charge is 0.383 e. The van der Waals surface area contributed by atoms with Crippen LogP contribution in [0.1, 0.15) is 5.56 Å². The summed E-state index contributed by atoms with van der Waals surface area (Å²) in [6.07, 6.45) is 0. The van der Waals surface area contributed by atoms with Gasteiger partial charge < -0.3 is 10.6 Å². The van der Waals surface area contributed by atoms with Gasteiger partial charge in [-0.15, -0.1) is 0 Å². The van der Waals surface area contributed by atoms with E-state index in [2.05, 4.69) is 10.6 Å². The maximum atomic E-state index is 11.3. The fraction of sp³-hybridized carbons (Fsp3) is 0.167. The zero-order valence-corrected chi connectivity index (χ0v) is 9.97. The zero-order valence-electron chi connectivity index (χ0n) is 9.21. The minimum absolute atomic E-state index is 0.351. The molecular formula is C12H11ClN2O2. The summed E-state index contributed by atoms with van der Waals surface area (Å²) in [5.74, 6) is 0. The van der Waals surface area contributed by atoms with Gasteiger partial charge in [0.2, 0.25) is 0 Å². The standard InChI is InChI=1S/C12H11ClN2O2/c1-14-9-10(12(17)11(9)16)15-6-7-2-4-8(13)5-3-7/h2-5,14-15H,6H2,1H3. The molecule has 0 bridgehead atoms. The van der Waals surface area contributed by atoms with Gasteiger partial charge in [0.05, 0.1) is 0 Å². The van der Waals surface area contributed by atoms with Crippen molar-refractivity contribution < 1.29 is 0 Å². The summed E-state index contributed by atoms with van der Waals surface area (Å²) in [7, 11) is 1.61. The molecule has 0 fully saturated rings. The fourth-order valence-corrected chi connectivity index (χ4v) is 1.72. The van der Waals surface area contributed by atoms with Gasteiger partial charge in [0, 0.05) is 18.6 Å². The summed E-state index contributed by atoms with van der Waals surface area (Å²) < 4.78 is 0. The van der Waals surface area contributed by atoms with Crippen molar-refractivity contribution >= 4 is 23.0 Å². The summed E-state index contributed by atoms with van der Waals surface area (Å²) in [6.45, 7) is 0.483. The van der Waals surface area contributed by atoms with Crippen LogP contribution in [0, 0.1) is 0 Å². The molecule has 5 heteroatoms. The van der Waals surface area contributed by atoms with Gasteiger partial charge in [-0.05, 0) is 17.7 Å². The highest BCUT2D eigenvalue weighted by atomic mass is 35.5. The van der Waals surface area contributed by atoms with Crippen LogP contribution < -0.4 is 21.5 Å². The predicted octanol–water partition coefficient (Wildman–Crippen LogP) is 1.59. The Morgan fingerprint density at radius 1 is 1.06 bits per heavy atom. The van der Waals surface area contributed by atoms with Crippen molar-refractivity contribution in [3.63, 3.8) is 0 Å². The predicted molar refractivity (Wildman–Crippen MR) is 69.7 cm³/mol. The first-order chi connectivity index (χ1) is 8.13. The lowest BCUT2D eigenvalue weighted by Gasteiger charge is -2.12. The Balaban J connectivity index is 2.08.